The van der Waals surface area contributed by atoms with Gasteiger partial charge in [0, 0.05) is 19.0 Å². The van der Waals surface area contributed by atoms with Crippen LogP contribution >= 0.6 is 11.3 Å². The molecule has 0 fully saturated rings. The average Bonchev–Trinajstić information content (AvgIpc) is 3.45. The number of hydrazine groups is 1. The van der Waals surface area contributed by atoms with Crippen molar-refractivity contribution in [2.45, 2.75) is 18.2 Å². The van der Waals surface area contributed by atoms with Crippen LogP contribution in [0.5, 0.6) is 0 Å². The summed E-state index contributed by atoms with van der Waals surface area (Å²) in [4.78, 5) is 35.9. The Morgan fingerprint density at radius 1 is 0.939 bits per heavy atom. The number of nitrogens with one attached hydrogen (secondary N) is 3. The summed E-state index contributed by atoms with van der Waals surface area (Å²) in [6.07, 6.45) is 0.647. The highest BCUT2D eigenvalue weighted by Gasteiger charge is 2.30. The minimum absolute atomic E-state index is 0.0854. The fraction of sp³-hybridized carbons (Fsp3) is 0.136. The number of amides is 3. The van der Waals surface area contributed by atoms with Crippen molar-refractivity contribution in [3.8, 4) is 0 Å². The van der Waals surface area contributed by atoms with Crippen molar-refractivity contribution < 1.29 is 22.8 Å². The summed E-state index contributed by atoms with van der Waals surface area (Å²) in [6, 6.07) is 14.5. The van der Waals surface area contributed by atoms with Gasteiger partial charge in [-0.1, -0.05) is 18.2 Å². The molecule has 0 spiro atoms. The molecule has 1 aliphatic heterocycles. The number of hydrogen-bond donors (Lipinski definition) is 3. The van der Waals surface area contributed by atoms with E-state index in [9.17, 15) is 22.8 Å². The average molecular weight is 485 g/mol. The third kappa shape index (κ3) is 4.59. The normalized spacial score (nSPS) is 12.7. The molecule has 3 amide bonds. The Hall–Kier alpha value is -3.70. The highest BCUT2D eigenvalue weighted by molar-refractivity contribution is 7.92. The highest BCUT2D eigenvalue weighted by Crippen LogP contribution is 2.32. The molecule has 9 nitrogen and oxygen atoms in total. The number of nitrogens with zero attached hydrogens (tertiary/aromatic N) is 1. The first-order chi connectivity index (χ1) is 15.8. The number of carbonyl (C=O) groups excluding carboxylic acids is 3. The smallest absolute Gasteiger partial charge is 0.272 e. The summed E-state index contributed by atoms with van der Waals surface area (Å²) in [5.41, 5.74) is 6.50. The van der Waals surface area contributed by atoms with Crippen LogP contribution in [0.15, 0.2) is 64.9 Å². The third-order valence-corrected chi connectivity index (χ3v) is 7.70. The van der Waals surface area contributed by atoms with Gasteiger partial charge in [0.2, 0.25) is 5.91 Å². The van der Waals surface area contributed by atoms with Crippen LogP contribution in [0.3, 0.4) is 0 Å². The molecule has 2 heterocycles. The molecule has 0 bridgehead atoms. The number of hydrogen-bond acceptors (Lipinski definition) is 6. The van der Waals surface area contributed by atoms with Crippen LogP contribution in [-0.4, -0.2) is 32.7 Å². The lowest BCUT2D eigenvalue weighted by atomic mass is 10.2. The molecule has 3 aromatic rings. The predicted molar refractivity (Wildman–Crippen MR) is 125 cm³/mol. The minimum Gasteiger partial charge on any atom is -0.313 e. The van der Waals surface area contributed by atoms with E-state index in [4.69, 9.17) is 0 Å². The fourth-order valence-corrected chi connectivity index (χ4v) is 5.72. The molecule has 0 saturated heterocycles. The van der Waals surface area contributed by atoms with Crippen LogP contribution in [0.1, 0.15) is 33.2 Å². The van der Waals surface area contributed by atoms with E-state index >= 15 is 0 Å². The second-order valence-electron chi connectivity index (χ2n) is 7.23. The van der Waals surface area contributed by atoms with Crippen LogP contribution in [0, 0.1) is 0 Å². The molecule has 33 heavy (non-hydrogen) atoms. The Balaban J connectivity index is 1.48. The second-order valence-corrected chi connectivity index (χ2v) is 10.0. The lowest BCUT2D eigenvalue weighted by Crippen LogP contribution is -2.40. The maximum absolute atomic E-state index is 13.1. The van der Waals surface area contributed by atoms with Crippen LogP contribution < -0.4 is 20.5 Å². The van der Waals surface area contributed by atoms with Crippen molar-refractivity contribution in [1.29, 1.82) is 0 Å². The molecule has 0 saturated carbocycles. The first kappa shape index (κ1) is 22.5. The number of anilines is 2. The van der Waals surface area contributed by atoms with Crippen molar-refractivity contribution in [3.63, 3.8) is 0 Å². The molecule has 11 heteroatoms. The lowest BCUT2D eigenvalue weighted by molar-refractivity contribution is -0.119. The van der Waals surface area contributed by atoms with Gasteiger partial charge >= 0.3 is 0 Å². The number of thiophene rings is 1. The lowest BCUT2D eigenvalue weighted by Gasteiger charge is -2.19. The zero-order valence-electron chi connectivity index (χ0n) is 17.5. The summed E-state index contributed by atoms with van der Waals surface area (Å²) >= 11 is 1.14. The zero-order chi connectivity index (χ0) is 23.6. The van der Waals surface area contributed by atoms with Crippen molar-refractivity contribution >= 4 is 49.8 Å². The largest absolute Gasteiger partial charge is 0.313 e. The Bertz CT molecular complexity index is 1330. The molecule has 2 aromatic carbocycles. The van der Waals surface area contributed by atoms with E-state index in [1.165, 1.54) is 41.6 Å². The van der Waals surface area contributed by atoms with E-state index in [0.29, 0.717) is 23.7 Å². The predicted octanol–water partition coefficient (Wildman–Crippen LogP) is 2.53. The van der Waals surface area contributed by atoms with Gasteiger partial charge in [0.25, 0.3) is 21.8 Å². The number of carbonyl (C=O) groups is 3. The van der Waals surface area contributed by atoms with Gasteiger partial charge in [-0.05, 0) is 53.8 Å². The molecule has 1 aliphatic rings. The molecule has 0 radical (unpaired) electrons. The maximum atomic E-state index is 13.1. The summed E-state index contributed by atoms with van der Waals surface area (Å²) in [5, 5.41) is 4.57. The Labute approximate surface area is 194 Å². The molecule has 0 unspecified atom stereocenters. The molecule has 1 aromatic heterocycles. The van der Waals surface area contributed by atoms with E-state index < -0.39 is 27.7 Å². The molecule has 3 N–H and O–H groups in total. The highest BCUT2D eigenvalue weighted by atomic mass is 32.2. The topological polar surface area (TPSA) is 125 Å². The maximum Gasteiger partial charge on any atom is 0.272 e. The van der Waals surface area contributed by atoms with E-state index in [1.54, 1.807) is 17.5 Å². The second kappa shape index (κ2) is 9.04. The van der Waals surface area contributed by atoms with Crippen molar-refractivity contribution in [1.82, 2.24) is 10.9 Å². The van der Waals surface area contributed by atoms with E-state index in [2.05, 4.69) is 16.2 Å². The molecular weight excluding hydrogens is 464 g/mol. The number of benzene rings is 2. The number of para-hydroxylation sites is 1. The Morgan fingerprint density at radius 2 is 1.67 bits per heavy atom. The van der Waals surface area contributed by atoms with Crippen LogP contribution in [0.4, 0.5) is 10.7 Å². The zero-order valence-corrected chi connectivity index (χ0v) is 19.1. The van der Waals surface area contributed by atoms with Gasteiger partial charge in [0.1, 0.15) is 5.00 Å². The summed E-state index contributed by atoms with van der Waals surface area (Å²) in [5.74, 6) is -1.51. The van der Waals surface area contributed by atoms with Gasteiger partial charge in [-0.25, -0.2) is 8.42 Å². The number of rotatable bonds is 5. The van der Waals surface area contributed by atoms with Gasteiger partial charge in [0.15, 0.2) is 0 Å². The number of fused-ring (bicyclic) bond motifs is 1. The van der Waals surface area contributed by atoms with Gasteiger partial charge in [-0.15, -0.1) is 11.3 Å². The summed E-state index contributed by atoms with van der Waals surface area (Å²) < 4.78 is 27.6. The van der Waals surface area contributed by atoms with Gasteiger partial charge in [-0.3, -0.25) is 29.5 Å². The first-order valence-electron chi connectivity index (χ1n) is 9.94. The minimum atomic E-state index is -3.76. The van der Waals surface area contributed by atoms with Crippen LogP contribution in [0.25, 0.3) is 0 Å². The van der Waals surface area contributed by atoms with Crippen molar-refractivity contribution in [3.05, 3.63) is 76.7 Å². The van der Waals surface area contributed by atoms with Crippen LogP contribution in [0.2, 0.25) is 0 Å². The van der Waals surface area contributed by atoms with Crippen molar-refractivity contribution in [2.24, 2.45) is 0 Å². The molecule has 170 valence electrons. The van der Waals surface area contributed by atoms with Gasteiger partial charge < -0.3 is 5.32 Å². The van der Waals surface area contributed by atoms with E-state index in [-0.39, 0.29) is 16.0 Å². The van der Waals surface area contributed by atoms with Gasteiger partial charge in [-0.2, -0.15) is 0 Å². The summed E-state index contributed by atoms with van der Waals surface area (Å²) in [6.45, 7) is 1.62. The van der Waals surface area contributed by atoms with Gasteiger partial charge in [0.05, 0.1) is 16.1 Å². The Morgan fingerprint density at radius 3 is 2.39 bits per heavy atom. The van der Waals surface area contributed by atoms with Crippen molar-refractivity contribution in [2.75, 3.05) is 16.2 Å². The molecule has 0 atom stereocenters. The molecular formula is C22H20N4O5S2. The Kier molecular flexibility index (Phi) is 6.16. The SMILES string of the molecule is CC(=O)NNC(=O)c1ccsc1NC(=O)c1ccc(S(=O)(=O)N2CCc3ccccc32)cc1. The standard InChI is InChI=1S/C22H20N4O5S2/c1-14(27)24-25-21(29)18-11-13-32-22(18)23-20(28)16-6-8-17(9-7-16)33(30,31)26-12-10-15-4-2-3-5-19(15)26/h2-9,11,13H,10,12H2,1H3,(H,23,28)(H,24,27)(H,25,29). The van der Waals surface area contributed by atoms with Crippen LogP contribution in [-0.2, 0) is 21.2 Å². The third-order valence-electron chi connectivity index (χ3n) is 5.04. The monoisotopic (exact) mass is 484 g/mol. The van der Waals surface area contributed by atoms with E-state index in [0.717, 1.165) is 16.9 Å². The summed E-state index contributed by atoms with van der Waals surface area (Å²) in [7, 11) is -3.76. The fourth-order valence-electron chi connectivity index (χ4n) is 3.44. The van der Waals surface area contributed by atoms with E-state index in [1.807, 2.05) is 12.1 Å². The molecule has 4 rings (SSSR count). The number of sulfonamides is 1. The first-order valence-corrected chi connectivity index (χ1v) is 12.3. The quantitative estimate of drug-likeness (QED) is 0.480. The molecule has 0 aliphatic carbocycles.